The van der Waals surface area contributed by atoms with Gasteiger partial charge >= 0.3 is 0 Å². The number of carbonyl (C=O) groups is 1. The molecule has 0 spiro atoms. The Bertz CT molecular complexity index is 1060. The maximum absolute atomic E-state index is 12.5. The fourth-order valence-electron chi connectivity index (χ4n) is 3.37. The van der Waals surface area contributed by atoms with Crippen LogP contribution in [0.5, 0.6) is 0 Å². The number of hydrogen-bond acceptors (Lipinski definition) is 5. The van der Waals surface area contributed by atoms with Crippen molar-refractivity contribution in [1.82, 2.24) is 14.5 Å². The average Bonchev–Trinajstić information content (AvgIpc) is 2.79. The molecule has 3 rings (SSSR count). The number of nitrogens with one attached hydrogen (secondary N) is 1. The van der Waals surface area contributed by atoms with Gasteiger partial charge in [0.2, 0.25) is 15.9 Å². The van der Waals surface area contributed by atoms with E-state index in [2.05, 4.69) is 15.7 Å². The number of sulfonamides is 1. The van der Waals surface area contributed by atoms with Crippen molar-refractivity contribution in [3.8, 4) is 6.07 Å². The number of nitrogens with zero attached hydrogens (tertiary/aromatic N) is 3. The molecule has 1 saturated heterocycles. The van der Waals surface area contributed by atoms with Crippen LogP contribution < -0.4 is 4.72 Å². The molecule has 0 unspecified atom stereocenters. The molecule has 1 amide bonds. The van der Waals surface area contributed by atoms with Gasteiger partial charge in [0.1, 0.15) is 0 Å². The number of piperazine rings is 1. The van der Waals surface area contributed by atoms with Gasteiger partial charge in [0.15, 0.2) is 0 Å². The molecule has 31 heavy (non-hydrogen) atoms. The molecule has 0 saturated carbocycles. The number of amides is 1. The number of benzene rings is 2. The molecule has 8 heteroatoms. The second-order valence-corrected chi connectivity index (χ2v) is 9.08. The lowest BCUT2D eigenvalue weighted by molar-refractivity contribution is -0.127. The van der Waals surface area contributed by atoms with E-state index in [1.54, 1.807) is 25.1 Å². The van der Waals surface area contributed by atoms with Crippen molar-refractivity contribution in [2.24, 2.45) is 0 Å². The van der Waals surface area contributed by atoms with Gasteiger partial charge < -0.3 is 4.90 Å². The minimum atomic E-state index is -3.48. The lowest BCUT2D eigenvalue weighted by Crippen LogP contribution is -2.47. The highest BCUT2D eigenvalue weighted by Gasteiger charge is 2.19. The summed E-state index contributed by atoms with van der Waals surface area (Å²) in [4.78, 5) is 16.8. The van der Waals surface area contributed by atoms with E-state index >= 15 is 0 Å². The summed E-state index contributed by atoms with van der Waals surface area (Å²) in [6.07, 6.45) is 3.24. The zero-order valence-corrected chi connectivity index (χ0v) is 18.3. The van der Waals surface area contributed by atoms with Crippen LogP contribution in [0, 0.1) is 11.3 Å². The van der Waals surface area contributed by atoms with Crippen molar-refractivity contribution < 1.29 is 13.2 Å². The van der Waals surface area contributed by atoms with E-state index in [4.69, 9.17) is 5.26 Å². The third-order valence-electron chi connectivity index (χ3n) is 5.12. The quantitative estimate of drug-likeness (QED) is 0.669. The van der Waals surface area contributed by atoms with Crippen LogP contribution in [0.1, 0.15) is 23.6 Å². The summed E-state index contributed by atoms with van der Waals surface area (Å²) in [7, 11) is -3.48. The van der Waals surface area contributed by atoms with Gasteiger partial charge in [0, 0.05) is 45.3 Å². The van der Waals surface area contributed by atoms with Crippen molar-refractivity contribution in [3.63, 3.8) is 0 Å². The molecule has 2 aromatic carbocycles. The molecule has 162 valence electrons. The van der Waals surface area contributed by atoms with Crippen molar-refractivity contribution in [1.29, 1.82) is 5.26 Å². The maximum atomic E-state index is 12.5. The molecule has 1 heterocycles. The van der Waals surface area contributed by atoms with Crippen LogP contribution in [0.15, 0.2) is 59.5 Å². The number of rotatable bonds is 7. The largest absolute Gasteiger partial charge is 0.337 e. The van der Waals surface area contributed by atoms with Gasteiger partial charge in [-0.1, -0.05) is 31.2 Å². The molecule has 1 aliphatic rings. The van der Waals surface area contributed by atoms with Gasteiger partial charge in [-0.15, -0.1) is 0 Å². The summed E-state index contributed by atoms with van der Waals surface area (Å²) in [6, 6.07) is 16.1. The third-order valence-corrected chi connectivity index (χ3v) is 6.68. The summed E-state index contributed by atoms with van der Waals surface area (Å²) in [5.41, 5.74) is 2.57. The third kappa shape index (κ3) is 6.25. The van der Waals surface area contributed by atoms with Crippen LogP contribution >= 0.6 is 0 Å². The van der Waals surface area contributed by atoms with Crippen LogP contribution in [-0.4, -0.2) is 56.8 Å². The fourth-order valence-corrected chi connectivity index (χ4v) is 4.41. The Labute approximate surface area is 183 Å². The molecule has 7 nitrogen and oxygen atoms in total. The summed E-state index contributed by atoms with van der Waals surface area (Å²) < 4.78 is 26.4. The molecule has 0 aromatic heterocycles. The zero-order chi connectivity index (χ0) is 22.3. The van der Waals surface area contributed by atoms with E-state index in [9.17, 15) is 13.2 Å². The molecule has 2 aromatic rings. The van der Waals surface area contributed by atoms with Crippen LogP contribution in [0.25, 0.3) is 6.08 Å². The second-order valence-electron chi connectivity index (χ2n) is 7.31. The Morgan fingerprint density at radius 3 is 2.29 bits per heavy atom. The van der Waals surface area contributed by atoms with Gasteiger partial charge in [-0.05, 0) is 41.5 Å². The van der Waals surface area contributed by atoms with Gasteiger partial charge in [0.05, 0.1) is 16.5 Å². The Kier molecular flexibility index (Phi) is 7.58. The van der Waals surface area contributed by atoms with E-state index in [1.165, 1.54) is 18.2 Å². The summed E-state index contributed by atoms with van der Waals surface area (Å²) in [6.45, 7) is 5.74. The monoisotopic (exact) mass is 438 g/mol. The van der Waals surface area contributed by atoms with E-state index < -0.39 is 10.0 Å². The highest BCUT2D eigenvalue weighted by atomic mass is 32.2. The number of nitriles is 1. The van der Waals surface area contributed by atoms with Gasteiger partial charge in [-0.2, -0.15) is 5.26 Å². The first kappa shape index (κ1) is 22.7. The number of hydrogen-bond donors (Lipinski definition) is 1. The molecular formula is C23H26N4O3S. The Hall–Kier alpha value is -2.99. The first-order chi connectivity index (χ1) is 14.9. The average molecular weight is 439 g/mol. The fraction of sp³-hybridized carbons (Fsp3) is 0.304. The summed E-state index contributed by atoms with van der Waals surface area (Å²) in [5, 5.41) is 8.88. The predicted octanol–water partition coefficient (Wildman–Crippen LogP) is 2.21. The van der Waals surface area contributed by atoms with Crippen molar-refractivity contribution in [3.05, 3.63) is 71.3 Å². The topological polar surface area (TPSA) is 93.5 Å². The molecular weight excluding hydrogens is 412 g/mol. The van der Waals surface area contributed by atoms with Gasteiger partial charge in [-0.3, -0.25) is 9.69 Å². The van der Waals surface area contributed by atoms with E-state index in [1.807, 2.05) is 29.2 Å². The lowest BCUT2D eigenvalue weighted by Gasteiger charge is -2.34. The van der Waals surface area contributed by atoms with Crippen molar-refractivity contribution in [2.45, 2.75) is 18.4 Å². The van der Waals surface area contributed by atoms with Crippen LogP contribution in [-0.2, 0) is 21.4 Å². The van der Waals surface area contributed by atoms with E-state index in [0.29, 0.717) is 25.2 Å². The first-order valence-corrected chi connectivity index (χ1v) is 11.7. The van der Waals surface area contributed by atoms with E-state index in [-0.39, 0.29) is 10.8 Å². The predicted molar refractivity (Wildman–Crippen MR) is 119 cm³/mol. The van der Waals surface area contributed by atoms with Crippen molar-refractivity contribution in [2.75, 3.05) is 32.7 Å². The SMILES string of the molecule is CCNS(=O)(=O)c1ccc(/C=C/C(=O)N2CCN(Cc3ccc(C#N)cc3)CC2)cc1. The van der Waals surface area contributed by atoms with Crippen molar-refractivity contribution >= 4 is 22.0 Å². The van der Waals surface area contributed by atoms with Crippen LogP contribution in [0.2, 0.25) is 0 Å². The maximum Gasteiger partial charge on any atom is 0.246 e. The zero-order valence-electron chi connectivity index (χ0n) is 17.5. The molecule has 0 atom stereocenters. The minimum absolute atomic E-state index is 0.0534. The highest BCUT2D eigenvalue weighted by molar-refractivity contribution is 7.89. The first-order valence-electron chi connectivity index (χ1n) is 10.2. The molecule has 0 bridgehead atoms. The standard InChI is InChI=1S/C23H26N4O3S/c1-2-25-31(29,30)22-10-7-19(8-11-22)9-12-23(28)27-15-13-26(14-16-27)18-21-5-3-20(17-24)4-6-21/h3-12,25H,2,13-16,18H2,1H3/b12-9+. The summed E-state index contributed by atoms with van der Waals surface area (Å²) >= 11 is 0. The molecule has 1 aliphatic heterocycles. The molecule has 1 N–H and O–H groups in total. The number of carbonyl (C=O) groups excluding carboxylic acids is 1. The molecule has 0 radical (unpaired) electrons. The van der Waals surface area contributed by atoms with Crippen LogP contribution in [0.3, 0.4) is 0 Å². The van der Waals surface area contributed by atoms with Crippen LogP contribution in [0.4, 0.5) is 0 Å². The smallest absolute Gasteiger partial charge is 0.246 e. The Balaban J connectivity index is 1.50. The highest BCUT2D eigenvalue weighted by Crippen LogP contribution is 2.13. The normalized spacial score (nSPS) is 15.2. The molecule has 1 fully saturated rings. The lowest BCUT2D eigenvalue weighted by atomic mass is 10.1. The minimum Gasteiger partial charge on any atom is -0.337 e. The Morgan fingerprint density at radius 1 is 1.06 bits per heavy atom. The van der Waals surface area contributed by atoms with Gasteiger partial charge in [-0.25, -0.2) is 13.1 Å². The van der Waals surface area contributed by atoms with E-state index in [0.717, 1.165) is 30.8 Å². The Morgan fingerprint density at radius 2 is 1.71 bits per heavy atom. The summed E-state index contributed by atoms with van der Waals surface area (Å²) in [5.74, 6) is -0.0534. The molecule has 0 aliphatic carbocycles. The second kappa shape index (κ2) is 10.4. The van der Waals surface area contributed by atoms with Gasteiger partial charge in [0.25, 0.3) is 0 Å².